The van der Waals surface area contributed by atoms with Crippen LogP contribution in [0.4, 0.5) is 5.95 Å². The van der Waals surface area contributed by atoms with Crippen molar-refractivity contribution in [3.63, 3.8) is 0 Å². The second kappa shape index (κ2) is 12.7. The van der Waals surface area contributed by atoms with Crippen LogP contribution in [0.5, 0.6) is 5.75 Å². The topological polar surface area (TPSA) is 136 Å². The lowest BCUT2D eigenvalue weighted by Gasteiger charge is -2.38. The van der Waals surface area contributed by atoms with E-state index in [9.17, 15) is 13.2 Å². The first kappa shape index (κ1) is 29.3. The molecular weight excluding hydrogens is 542 g/mol. The summed E-state index contributed by atoms with van der Waals surface area (Å²) in [4.78, 5) is 26.7. The number of rotatable bonds is 10. The number of nitrogens with two attached hydrogens (primary N) is 1. The number of sulfonamides is 1. The van der Waals surface area contributed by atoms with Crippen LogP contribution >= 0.6 is 0 Å². The summed E-state index contributed by atoms with van der Waals surface area (Å²) in [6.45, 7) is 1.98. The Morgan fingerprint density at radius 1 is 1.10 bits per heavy atom. The van der Waals surface area contributed by atoms with Gasteiger partial charge in [0.25, 0.3) is 0 Å². The maximum absolute atomic E-state index is 13.1. The first-order valence-corrected chi connectivity index (χ1v) is 16.2. The van der Waals surface area contributed by atoms with Gasteiger partial charge in [-0.15, -0.1) is 0 Å². The van der Waals surface area contributed by atoms with Crippen LogP contribution in [0.1, 0.15) is 44.9 Å². The van der Waals surface area contributed by atoms with Crippen LogP contribution in [0.2, 0.25) is 0 Å². The van der Waals surface area contributed by atoms with Crippen molar-refractivity contribution in [2.75, 3.05) is 44.9 Å². The van der Waals surface area contributed by atoms with Gasteiger partial charge in [0.1, 0.15) is 11.6 Å². The summed E-state index contributed by atoms with van der Waals surface area (Å²) in [6.07, 6.45) is 9.70. The van der Waals surface area contributed by atoms with Crippen molar-refractivity contribution in [1.82, 2.24) is 24.3 Å². The van der Waals surface area contributed by atoms with E-state index >= 15 is 0 Å². The molecular formula is C29H41N7O4S. The van der Waals surface area contributed by atoms with Gasteiger partial charge in [-0.3, -0.25) is 4.79 Å². The average Bonchev–Trinajstić information content (AvgIpc) is 3.40. The fourth-order valence-electron chi connectivity index (χ4n) is 5.99. The first-order valence-electron chi connectivity index (χ1n) is 14.5. The molecule has 2 fully saturated rings. The highest BCUT2D eigenvalue weighted by atomic mass is 32.2. The number of likely N-dealkylation sites (tertiary alicyclic amines) is 1. The van der Waals surface area contributed by atoms with E-state index in [1.807, 2.05) is 41.1 Å². The number of aromatic nitrogens is 3. The van der Waals surface area contributed by atoms with Crippen LogP contribution in [0.15, 0.2) is 42.7 Å². The van der Waals surface area contributed by atoms with Crippen molar-refractivity contribution >= 4 is 32.8 Å². The van der Waals surface area contributed by atoms with Crippen LogP contribution in [0, 0.1) is 5.92 Å². The van der Waals surface area contributed by atoms with Gasteiger partial charge < -0.3 is 24.4 Å². The van der Waals surface area contributed by atoms with Crippen molar-refractivity contribution in [2.24, 2.45) is 11.1 Å². The summed E-state index contributed by atoms with van der Waals surface area (Å²) in [5, 5.41) is 9.49. The number of carbonyl (C=O) groups excluding carboxylic acids is 1. The Morgan fingerprint density at radius 3 is 2.56 bits per heavy atom. The number of anilines is 1. The maximum Gasteiger partial charge on any atom is 0.225 e. The highest BCUT2D eigenvalue weighted by Gasteiger charge is 2.32. The molecule has 2 aromatic heterocycles. The van der Waals surface area contributed by atoms with Gasteiger partial charge in [0.05, 0.1) is 17.9 Å². The standard InChI is InChI=1S/C29H41N7O4S/c1-34(2)23-12-16-35(17-13-23)28(37)21-7-9-22(10-8-21)32-29-31-15-11-27(33-29)36-18-14-24-25(36)5-3-6-26(24)40-19-4-20-41(30,38)39/h3,5-6,11,14-15,18,21-23H,4,7-10,12-13,16-17,19-20H2,1-2H3,(H2,30,38,39)(H,31,32,33)/t21-,22-. The highest BCUT2D eigenvalue weighted by Crippen LogP contribution is 2.30. The summed E-state index contributed by atoms with van der Waals surface area (Å²) in [5.41, 5.74) is 0.923. The van der Waals surface area contributed by atoms with Crippen LogP contribution < -0.4 is 15.2 Å². The van der Waals surface area contributed by atoms with Crippen molar-refractivity contribution < 1.29 is 17.9 Å². The van der Waals surface area contributed by atoms with Gasteiger partial charge in [-0.25, -0.2) is 18.5 Å². The lowest BCUT2D eigenvalue weighted by Crippen LogP contribution is -2.47. The fourth-order valence-corrected chi connectivity index (χ4v) is 6.51. The molecule has 1 aromatic carbocycles. The number of hydrogen-bond acceptors (Lipinski definition) is 8. The van der Waals surface area contributed by atoms with E-state index in [1.54, 1.807) is 6.20 Å². The lowest BCUT2D eigenvalue weighted by molar-refractivity contribution is -0.138. The number of fused-ring (bicyclic) bond motifs is 1. The van der Waals surface area contributed by atoms with E-state index in [0.29, 0.717) is 30.1 Å². The Morgan fingerprint density at radius 2 is 1.85 bits per heavy atom. The van der Waals surface area contributed by atoms with E-state index in [2.05, 4.69) is 34.2 Å². The van der Waals surface area contributed by atoms with Gasteiger partial charge in [-0.05, 0) is 83.3 Å². The Kier molecular flexibility index (Phi) is 9.10. The number of hydrogen-bond donors (Lipinski definition) is 2. The van der Waals surface area contributed by atoms with Gasteiger partial charge >= 0.3 is 0 Å². The van der Waals surface area contributed by atoms with E-state index in [0.717, 1.165) is 68.3 Å². The molecule has 12 heteroatoms. The van der Waals surface area contributed by atoms with Gasteiger partial charge in [-0.2, -0.15) is 4.98 Å². The van der Waals surface area contributed by atoms with E-state index < -0.39 is 10.0 Å². The van der Waals surface area contributed by atoms with E-state index in [1.165, 1.54) is 0 Å². The summed E-state index contributed by atoms with van der Waals surface area (Å²) >= 11 is 0. The van der Waals surface area contributed by atoms with Crippen LogP contribution in [-0.2, 0) is 14.8 Å². The average molecular weight is 584 g/mol. The van der Waals surface area contributed by atoms with Gasteiger partial charge in [0, 0.05) is 48.9 Å². The van der Waals surface area contributed by atoms with Crippen LogP contribution in [-0.4, -0.2) is 90.3 Å². The number of primary sulfonamides is 1. The molecule has 0 radical (unpaired) electrons. The number of ether oxygens (including phenoxy) is 1. The van der Waals surface area contributed by atoms with Crippen molar-refractivity contribution in [3.05, 3.63) is 42.7 Å². The molecule has 222 valence electrons. The SMILES string of the molecule is CN(C)C1CCN(C(=O)[C@H]2CC[C@H](Nc3nccc(-n4ccc5c(OCCCS(N)(=O)=O)cccc54)n3)CC2)CC1. The second-order valence-electron chi connectivity index (χ2n) is 11.4. The predicted octanol–water partition coefficient (Wildman–Crippen LogP) is 3.00. The molecule has 41 heavy (non-hydrogen) atoms. The summed E-state index contributed by atoms with van der Waals surface area (Å²) in [7, 11) is 0.731. The molecule has 0 bridgehead atoms. The van der Waals surface area contributed by atoms with Gasteiger partial charge in [-0.1, -0.05) is 6.07 Å². The molecule has 1 saturated carbocycles. The van der Waals surface area contributed by atoms with Crippen molar-refractivity contribution in [1.29, 1.82) is 0 Å². The molecule has 5 rings (SSSR count). The van der Waals surface area contributed by atoms with Crippen molar-refractivity contribution in [3.8, 4) is 11.6 Å². The highest BCUT2D eigenvalue weighted by molar-refractivity contribution is 7.89. The number of nitrogens with zero attached hydrogens (tertiary/aromatic N) is 5. The lowest BCUT2D eigenvalue weighted by atomic mass is 9.84. The largest absolute Gasteiger partial charge is 0.493 e. The monoisotopic (exact) mass is 583 g/mol. The summed E-state index contributed by atoms with van der Waals surface area (Å²) < 4.78 is 30.2. The molecule has 3 aromatic rings. The molecule has 11 nitrogen and oxygen atoms in total. The van der Waals surface area contributed by atoms with Gasteiger partial charge in [0.15, 0.2) is 0 Å². The van der Waals surface area contributed by atoms with Crippen molar-refractivity contribution in [2.45, 2.75) is 57.0 Å². The molecule has 2 aliphatic rings. The van der Waals surface area contributed by atoms with Gasteiger partial charge in [0.2, 0.25) is 21.9 Å². The van der Waals surface area contributed by atoms with E-state index in [4.69, 9.17) is 14.9 Å². The van der Waals surface area contributed by atoms with Crippen LogP contribution in [0.25, 0.3) is 16.7 Å². The quantitative estimate of drug-likeness (QED) is 0.348. The molecule has 0 unspecified atom stereocenters. The molecule has 1 saturated heterocycles. The molecule has 1 amide bonds. The van der Waals surface area contributed by atoms with E-state index in [-0.39, 0.29) is 24.3 Å². The smallest absolute Gasteiger partial charge is 0.225 e. The molecule has 3 heterocycles. The zero-order valence-electron chi connectivity index (χ0n) is 23.9. The molecule has 0 spiro atoms. The third-order valence-electron chi connectivity index (χ3n) is 8.33. The number of carbonyl (C=O) groups is 1. The number of piperidine rings is 1. The Hall–Kier alpha value is -3.22. The zero-order chi connectivity index (χ0) is 29.0. The minimum atomic E-state index is -3.51. The summed E-state index contributed by atoms with van der Waals surface area (Å²) in [6, 6.07) is 10.4. The minimum absolute atomic E-state index is 0.110. The molecule has 1 aliphatic heterocycles. The number of nitrogens with one attached hydrogen (secondary N) is 1. The summed E-state index contributed by atoms with van der Waals surface area (Å²) in [5.74, 6) is 2.30. The maximum atomic E-state index is 13.1. The zero-order valence-corrected chi connectivity index (χ0v) is 24.7. The normalized spacial score (nSPS) is 20.4. The minimum Gasteiger partial charge on any atom is -0.493 e. The molecule has 0 atom stereocenters. The fraction of sp³-hybridized carbons (Fsp3) is 0.552. The Balaban J connectivity index is 1.17. The van der Waals surface area contributed by atoms with Crippen LogP contribution in [0.3, 0.4) is 0 Å². The number of benzene rings is 1. The first-order chi connectivity index (χ1) is 19.7. The third-order valence-corrected chi connectivity index (χ3v) is 9.19. The third kappa shape index (κ3) is 7.35. The second-order valence-corrected chi connectivity index (χ2v) is 13.1. The Labute approximate surface area is 242 Å². The predicted molar refractivity (Wildman–Crippen MR) is 160 cm³/mol. The molecule has 1 aliphatic carbocycles. The molecule has 3 N–H and O–H groups in total. The Bertz CT molecular complexity index is 1440. The number of amides is 1.